The molecule has 0 bridgehead atoms. The third-order valence-corrected chi connectivity index (χ3v) is 2.03. The number of nitrogen functional groups attached to an aromatic ring is 1. The van der Waals surface area contributed by atoms with Crippen LogP contribution in [0.15, 0.2) is 0 Å². The molecule has 6 nitrogen and oxygen atoms in total. The van der Waals surface area contributed by atoms with Crippen LogP contribution < -0.4 is 15.2 Å². The highest BCUT2D eigenvalue weighted by Gasteiger charge is 2.06. The largest absolute Gasteiger partial charge is 0.463 e. The van der Waals surface area contributed by atoms with E-state index in [0.29, 0.717) is 13.2 Å². The minimum atomic E-state index is 0.122. The molecule has 1 aromatic heterocycles. The third-order valence-electron chi connectivity index (χ3n) is 2.03. The van der Waals surface area contributed by atoms with Gasteiger partial charge >= 0.3 is 12.0 Å². The lowest BCUT2D eigenvalue weighted by Crippen LogP contribution is -2.08. The molecule has 0 atom stereocenters. The Hall–Kier alpha value is -1.59. The lowest BCUT2D eigenvalue weighted by molar-refractivity contribution is 0.258. The van der Waals surface area contributed by atoms with Gasteiger partial charge in [-0.3, -0.25) is 0 Å². The average Bonchev–Trinajstić information content (AvgIpc) is 2.31. The normalized spacial score (nSPS) is 10.2. The Labute approximate surface area is 102 Å². The lowest BCUT2D eigenvalue weighted by atomic mass is 10.3. The van der Waals surface area contributed by atoms with E-state index in [0.717, 1.165) is 25.7 Å². The van der Waals surface area contributed by atoms with E-state index in [1.807, 2.05) is 6.92 Å². The Morgan fingerprint density at radius 3 is 2.12 bits per heavy atom. The first kappa shape index (κ1) is 13.5. The number of rotatable bonds is 8. The first-order valence-corrected chi connectivity index (χ1v) is 6.03. The summed E-state index contributed by atoms with van der Waals surface area (Å²) in [5.41, 5.74) is 5.54. The number of unbranched alkanes of at least 4 members (excludes halogenated alkanes) is 2. The van der Waals surface area contributed by atoms with Crippen molar-refractivity contribution in [3.05, 3.63) is 0 Å². The van der Waals surface area contributed by atoms with Gasteiger partial charge in [-0.2, -0.15) is 9.97 Å². The number of ether oxygens (including phenoxy) is 2. The summed E-state index contributed by atoms with van der Waals surface area (Å²) in [4.78, 5) is 11.8. The molecule has 0 saturated heterocycles. The SMILES string of the molecule is CCCCCOc1nc(N)nc(OCCC)n1. The predicted octanol–water partition coefficient (Wildman–Crippen LogP) is 1.81. The topological polar surface area (TPSA) is 83.2 Å². The van der Waals surface area contributed by atoms with Crippen molar-refractivity contribution in [2.75, 3.05) is 18.9 Å². The van der Waals surface area contributed by atoms with E-state index in [-0.39, 0.29) is 18.0 Å². The van der Waals surface area contributed by atoms with Crippen LogP contribution in [0, 0.1) is 0 Å². The molecule has 0 radical (unpaired) electrons. The van der Waals surface area contributed by atoms with E-state index in [1.165, 1.54) is 0 Å². The molecule has 0 aromatic carbocycles. The summed E-state index contributed by atoms with van der Waals surface area (Å²) in [7, 11) is 0. The van der Waals surface area contributed by atoms with Crippen molar-refractivity contribution in [3.63, 3.8) is 0 Å². The molecule has 0 aliphatic rings. The van der Waals surface area contributed by atoms with E-state index in [4.69, 9.17) is 15.2 Å². The Morgan fingerprint density at radius 2 is 1.53 bits per heavy atom. The van der Waals surface area contributed by atoms with Gasteiger partial charge in [0.1, 0.15) is 0 Å². The summed E-state index contributed by atoms with van der Waals surface area (Å²) in [5, 5.41) is 0. The lowest BCUT2D eigenvalue weighted by Gasteiger charge is -2.06. The first-order valence-electron chi connectivity index (χ1n) is 6.03. The van der Waals surface area contributed by atoms with E-state index in [2.05, 4.69) is 21.9 Å². The van der Waals surface area contributed by atoms with Gasteiger partial charge in [-0.1, -0.05) is 26.7 Å². The highest BCUT2D eigenvalue weighted by atomic mass is 16.5. The molecule has 0 saturated carbocycles. The Morgan fingerprint density at radius 1 is 0.882 bits per heavy atom. The van der Waals surface area contributed by atoms with E-state index >= 15 is 0 Å². The predicted molar refractivity (Wildman–Crippen MR) is 65.0 cm³/mol. The fourth-order valence-corrected chi connectivity index (χ4v) is 1.19. The highest BCUT2D eigenvalue weighted by Crippen LogP contribution is 2.11. The van der Waals surface area contributed by atoms with Gasteiger partial charge in [0.15, 0.2) is 0 Å². The summed E-state index contributed by atoms with van der Waals surface area (Å²) < 4.78 is 10.7. The molecule has 96 valence electrons. The minimum Gasteiger partial charge on any atom is -0.463 e. The monoisotopic (exact) mass is 240 g/mol. The van der Waals surface area contributed by atoms with Crippen molar-refractivity contribution in [2.24, 2.45) is 0 Å². The summed E-state index contributed by atoms with van der Waals surface area (Å²) in [6, 6.07) is 0.463. The standard InChI is InChI=1S/C11H20N4O2/c1-3-5-6-8-17-11-14-9(12)13-10(15-11)16-7-4-2/h3-8H2,1-2H3,(H2,12,13,14,15). The van der Waals surface area contributed by atoms with Crippen molar-refractivity contribution in [3.8, 4) is 12.0 Å². The molecule has 2 N–H and O–H groups in total. The second-order valence-corrected chi connectivity index (χ2v) is 3.66. The second-order valence-electron chi connectivity index (χ2n) is 3.66. The highest BCUT2D eigenvalue weighted by molar-refractivity contribution is 5.20. The van der Waals surface area contributed by atoms with Crippen LogP contribution in [0.25, 0.3) is 0 Å². The molecule has 0 unspecified atom stereocenters. The smallest absolute Gasteiger partial charge is 0.324 e. The summed E-state index contributed by atoms with van der Waals surface area (Å²) in [6.07, 6.45) is 4.14. The van der Waals surface area contributed by atoms with E-state index in [9.17, 15) is 0 Å². The summed E-state index contributed by atoms with van der Waals surface area (Å²) in [5.74, 6) is 0.122. The fourth-order valence-electron chi connectivity index (χ4n) is 1.19. The summed E-state index contributed by atoms with van der Waals surface area (Å²) in [6.45, 7) is 5.29. The molecule has 6 heteroatoms. The molecule has 1 heterocycles. The van der Waals surface area contributed by atoms with Gasteiger partial charge in [-0.25, -0.2) is 0 Å². The number of hydrogen-bond acceptors (Lipinski definition) is 6. The van der Waals surface area contributed by atoms with Crippen LogP contribution in [0.4, 0.5) is 5.95 Å². The first-order chi connectivity index (χ1) is 8.26. The van der Waals surface area contributed by atoms with Crippen molar-refractivity contribution >= 4 is 5.95 Å². The van der Waals surface area contributed by atoms with Gasteiger partial charge in [0.05, 0.1) is 13.2 Å². The zero-order valence-electron chi connectivity index (χ0n) is 10.5. The molecule has 0 fully saturated rings. The number of nitrogens with zero attached hydrogens (tertiary/aromatic N) is 3. The van der Waals surface area contributed by atoms with Crippen LogP contribution in [0.1, 0.15) is 39.5 Å². The van der Waals surface area contributed by atoms with Gasteiger partial charge in [-0.15, -0.1) is 4.98 Å². The second kappa shape index (κ2) is 7.65. The number of aromatic nitrogens is 3. The van der Waals surface area contributed by atoms with Gasteiger partial charge in [0.2, 0.25) is 5.95 Å². The zero-order chi connectivity index (χ0) is 12.5. The zero-order valence-corrected chi connectivity index (χ0v) is 10.5. The average molecular weight is 240 g/mol. The van der Waals surface area contributed by atoms with Gasteiger partial charge in [0.25, 0.3) is 0 Å². The molecule has 0 spiro atoms. The van der Waals surface area contributed by atoms with Gasteiger partial charge in [0, 0.05) is 0 Å². The molecule has 17 heavy (non-hydrogen) atoms. The van der Waals surface area contributed by atoms with Crippen LogP contribution in [0.5, 0.6) is 12.0 Å². The van der Waals surface area contributed by atoms with Crippen molar-refractivity contribution in [1.29, 1.82) is 0 Å². The van der Waals surface area contributed by atoms with E-state index in [1.54, 1.807) is 0 Å². The van der Waals surface area contributed by atoms with Gasteiger partial charge < -0.3 is 15.2 Å². The quantitative estimate of drug-likeness (QED) is 0.698. The number of nitrogens with two attached hydrogens (primary N) is 1. The third kappa shape index (κ3) is 5.33. The Kier molecular flexibility index (Phi) is 6.06. The summed E-state index contributed by atoms with van der Waals surface area (Å²) >= 11 is 0. The van der Waals surface area contributed by atoms with Crippen molar-refractivity contribution in [2.45, 2.75) is 39.5 Å². The molecule has 1 aromatic rings. The van der Waals surface area contributed by atoms with Crippen molar-refractivity contribution < 1.29 is 9.47 Å². The Balaban J connectivity index is 2.50. The van der Waals surface area contributed by atoms with Crippen LogP contribution in [-0.4, -0.2) is 28.2 Å². The number of hydrogen-bond donors (Lipinski definition) is 1. The van der Waals surface area contributed by atoms with Crippen molar-refractivity contribution in [1.82, 2.24) is 15.0 Å². The molecule has 0 amide bonds. The molecule has 0 aliphatic heterocycles. The van der Waals surface area contributed by atoms with Crippen LogP contribution in [0.3, 0.4) is 0 Å². The maximum absolute atomic E-state index is 5.54. The molecular weight excluding hydrogens is 220 g/mol. The van der Waals surface area contributed by atoms with E-state index < -0.39 is 0 Å². The van der Waals surface area contributed by atoms with Crippen LogP contribution in [0.2, 0.25) is 0 Å². The molecule has 1 rings (SSSR count). The van der Waals surface area contributed by atoms with Crippen LogP contribution in [-0.2, 0) is 0 Å². The van der Waals surface area contributed by atoms with Crippen LogP contribution >= 0.6 is 0 Å². The molecular formula is C11H20N4O2. The fraction of sp³-hybridized carbons (Fsp3) is 0.727. The maximum Gasteiger partial charge on any atom is 0.324 e. The minimum absolute atomic E-state index is 0.122. The van der Waals surface area contributed by atoms with Gasteiger partial charge in [-0.05, 0) is 12.8 Å². The number of anilines is 1. The molecule has 0 aliphatic carbocycles. The maximum atomic E-state index is 5.54. The Bertz CT molecular complexity index is 333.